The molecule has 0 bridgehead atoms. The SMILES string of the molecule is O=C(CCNC(=O)c1ccccc1CCc1ccccc1)NC1CCCCC1. The van der Waals surface area contributed by atoms with Crippen LogP contribution < -0.4 is 10.6 Å². The number of amides is 2. The summed E-state index contributed by atoms with van der Waals surface area (Å²) in [6.07, 6.45) is 7.86. The average Bonchev–Trinajstić information content (AvgIpc) is 2.74. The van der Waals surface area contributed by atoms with Crippen molar-refractivity contribution in [2.24, 2.45) is 0 Å². The van der Waals surface area contributed by atoms with Crippen LogP contribution in [0.1, 0.15) is 60.0 Å². The molecule has 148 valence electrons. The van der Waals surface area contributed by atoms with Crippen LogP contribution >= 0.6 is 0 Å². The smallest absolute Gasteiger partial charge is 0.251 e. The highest BCUT2D eigenvalue weighted by Gasteiger charge is 2.16. The van der Waals surface area contributed by atoms with Crippen LogP contribution in [0, 0.1) is 0 Å². The van der Waals surface area contributed by atoms with Gasteiger partial charge in [0.25, 0.3) is 5.91 Å². The van der Waals surface area contributed by atoms with Crippen molar-refractivity contribution in [1.82, 2.24) is 10.6 Å². The summed E-state index contributed by atoms with van der Waals surface area (Å²) in [5, 5.41) is 6.00. The molecule has 1 fully saturated rings. The molecule has 2 N–H and O–H groups in total. The molecule has 2 aromatic carbocycles. The summed E-state index contributed by atoms with van der Waals surface area (Å²) in [6, 6.07) is 18.3. The monoisotopic (exact) mass is 378 g/mol. The topological polar surface area (TPSA) is 58.2 Å². The van der Waals surface area contributed by atoms with E-state index in [1.165, 1.54) is 24.8 Å². The van der Waals surface area contributed by atoms with Crippen molar-refractivity contribution < 1.29 is 9.59 Å². The van der Waals surface area contributed by atoms with Gasteiger partial charge in [0.15, 0.2) is 0 Å². The van der Waals surface area contributed by atoms with Gasteiger partial charge < -0.3 is 10.6 Å². The molecule has 2 amide bonds. The Hall–Kier alpha value is -2.62. The van der Waals surface area contributed by atoms with Gasteiger partial charge >= 0.3 is 0 Å². The summed E-state index contributed by atoms with van der Waals surface area (Å²) >= 11 is 0. The molecule has 3 rings (SSSR count). The van der Waals surface area contributed by atoms with Crippen molar-refractivity contribution in [2.45, 2.75) is 57.4 Å². The van der Waals surface area contributed by atoms with Crippen molar-refractivity contribution in [3.05, 3.63) is 71.3 Å². The maximum absolute atomic E-state index is 12.6. The molecule has 0 radical (unpaired) electrons. The maximum atomic E-state index is 12.6. The Morgan fingerprint density at radius 3 is 2.36 bits per heavy atom. The predicted molar refractivity (Wildman–Crippen MR) is 112 cm³/mol. The molecule has 1 saturated carbocycles. The second-order valence-electron chi connectivity index (χ2n) is 7.55. The van der Waals surface area contributed by atoms with E-state index in [1.807, 2.05) is 42.5 Å². The Kier molecular flexibility index (Phi) is 7.65. The normalized spacial score (nSPS) is 14.4. The summed E-state index contributed by atoms with van der Waals surface area (Å²) in [5.74, 6) is -0.0707. The molecular weight excluding hydrogens is 348 g/mol. The van der Waals surface area contributed by atoms with E-state index in [9.17, 15) is 9.59 Å². The number of hydrogen-bond donors (Lipinski definition) is 2. The van der Waals surface area contributed by atoms with E-state index in [2.05, 4.69) is 22.8 Å². The highest BCUT2D eigenvalue weighted by molar-refractivity contribution is 5.95. The van der Waals surface area contributed by atoms with Crippen LogP contribution in [-0.4, -0.2) is 24.4 Å². The van der Waals surface area contributed by atoms with Crippen LogP contribution in [-0.2, 0) is 17.6 Å². The van der Waals surface area contributed by atoms with E-state index < -0.39 is 0 Å². The molecule has 0 atom stereocenters. The van der Waals surface area contributed by atoms with Gasteiger partial charge in [0.2, 0.25) is 5.91 Å². The molecule has 0 heterocycles. The molecule has 0 aliphatic heterocycles. The first-order valence-corrected chi connectivity index (χ1v) is 10.4. The first-order chi connectivity index (χ1) is 13.7. The fourth-order valence-corrected chi connectivity index (χ4v) is 3.82. The van der Waals surface area contributed by atoms with Crippen molar-refractivity contribution in [3.63, 3.8) is 0 Å². The van der Waals surface area contributed by atoms with Crippen LogP contribution in [0.5, 0.6) is 0 Å². The third-order valence-electron chi connectivity index (χ3n) is 5.40. The first-order valence-electron chi connectivity index (χ1n) is 10.4. The molecule has 4 nitrogen and oxygen atoms in total. The molecule has 0 saturated heterocycles. The standard InChI is InChI=1S/C24H30N2O2/c27-23(26-21-12-5-2-6-13-21)17-18-25-24(28)22-14-8-7-11-20(22)16-15-19-9-3-1-4-10-19/h1,3-4,7-11,14,21H,2,5-6,12-13,15-18H2,(H,25,28)(H,26,27). The molecule has 2 aromatic rings. The largest absolute Gasteiger partial charge is 0.353 e. The Labute approximate surface area is 167 Å². The summed E-state index contributed by atoms with van der Waals surface area (Å²) in [6.45, 7) is 0.365. The van der Waals surface area contributed by atoms with Crippen molar-refractivity contribution in [1.29, 1.82) is 0 Å². The third kappa shape index (κ3) is 6.22. The highest BCUT2D eigenvalue weighted by Crippen LogP contribution is 2.17. The minimum atomic E-state index is -0.103. The van der Waals surface area contributed by atoms with Gasteiger partial charge in [0.1, 0.15) is 0 Å². The van der Waals surface area contributed by atoms with E-state index >= 15 is 0 Å². The first kappa shape index (κ1) is 20.1. The van der Waals surface area contributed by atoms with E-state index in [0.29, 0.717) is 24.6 Å². The lowest BCUT2D eigenvalue weighted by Crippen LogP contribution is -2.38. The molecule has 4 heteroatoms. The molecule has 28 heavy (non-hydrogen) atoms. The zero-order valence-corrected chi connectivity index (χ0v) is 16.5. The van der Waals surface area contributed by atoms with Gasteiger partial charge in [-0.05, 0) is 42.9 Å². The zero-order valence-electron chi connectivity index (χ0n) is 16.5. The second kappa shape index (κ2) is 10.6. The predicted octanol–water partition coefficient (Wildman–Crippen LogP) is 4.04. The molecule has 0 unspecified atom stereocenters. The molecule has 1 aliphatic rings. The Balaban J connectivity index is 1.46. The number of rotatable bonds is 8. The van der Waals surface area contributed by atoms with Gasteiger partial charge in [0.05, 0.1) is 0 Å². The van der Waals surface area contributed by atoms with Gasteiger partial charge in [-0.2, -0.15) is 0 Å². The van der Waals surface area contributed by atoms with Gasteiger partial charge in [-0.3, -0.25) is 9.59 Å². The Morgan fingerprint density at radius 2 is 1.57 bits per heavy atom. The average molecular weight is 379 g/mol. The van der Waals surface area contributed by atoms with Crippen molar-refractivity contribution in [2.75, 3.05) is 6.54 Å². The maximum Gasteiger partial charge on any atom is 0.251 e. The summed E-state index contributed by atoms with van der Waals surface area (Å²) < 4.78 is 0. The van der Waals surface area contributed by atoms with Gasteiger partial charge in [-0.15, -0.1) is 0 Å². The molecular formula is C24H30N2O2. The quantitative estimate of drug-likeness (QED) is 0.728. The Bertz CT molecular complexity index is 767. The number of benzene rings is 2. The highest BCUT2D eigenvalue weighted by atomic mass is 16.2. The van der Waals surface area contributed by atoms with Crippen LogP contribution in [0.3, 0.4) is 0 Å². The number of carbonyl (C=O) groups excluding carboxylic acids is 2. The van der Waals surface area contributed by atoms with Crippen LogP contribution in [0.25, 0.3) is 0 Å². The fraction of sp³-hybridized carbons (Fsp3) is 0.417. The van der Waals surface area contributed by atoms with Gasteiger partial charge in [0, 0.05) is 24.6 Å². The molecule has 1 aliphatic carbocycles. The van der Waals surface area contributed by atoms with E-state index in [1.54, 1.807) is 0 Å². The molecule has 0 aromatic heterocycles. The fourth-order valence-electron chi connectivity index (χ4n) is 3.82. The molecule has 0 spiro atoms. The van der Waals surface area contributed by atoms with Crippen molar-refractivity contribution >= 4 is 11.8 Å². The lowest BCUT2D eigenvalue weighted by Gasteiger charge is -2.22. The lowest BCUT2D eigenvalue weighted by atomic mass is 9.95. The minimum absolute atomic E-state index is 0.0320. The van der Waals surface area contributed by atoms with Crippen molar-refractivity contribution in [3.8, 4) is 0 Å². The van der Waals surface area contributed by atoms with E-state index in [-0.39, 0.29) is 11.8 Å². The Morgan fingerprint density at radius 1 is 0.857 bits per heavy atom. The van der Waals surface area contributed by atoms with Gasteiger partial charge in [-0.1, -0.05) is 67.8 Å². The van der Waals surface area contributed by atoms with Gasteiger partial charge in [-0.25, -0.2) is 0 Å². The van der Waals surface area contributed by atoms with Crippen LogP contribution in [0.2, 0.25) is 0 Å². The van der Waals surface area contributed by atoms with E-state index in [4.69, 9.17) is 0 Å². The number of nitrogens with one attached hydrogen (secondary N) is 2. The van der Waals surface area contributed by atoms with E-state index in [0.717, 1.165) is 31.2 Å². The van der Waals surface area contributed by atoms with Crippen LogP contribution in [0.4, 0.5) is 0 Å². The minimum Gasteiger partial charge on any atom is -0.353 e. The second-order valence-corrected chi connectivity index (χ2v) is 7.55. The third-order valence-corrected chi connectivity index (χ3v) is 5.40. The summed E-state index contributed by atoms with van der Waals surface area (Å²) in [5.41, 5.74) is 3.00. The lowest BCUT2D eigenvalue weighted by molar-refractivity contribution is -0.121. The number of hydrogen-bond acceptors (Lipinski definition) is 2. The van der Waals surface area contributed by atoms with Crippen LogP contribution in [0.15, 0.2) is 54.6 Å². The summed E-state index contributed by atoms with van der Waals surface area (Å²) in [4.78, 5) is 24.7. The zero-order chi connectivity index (χ0) is 19.6. The summed E-state index contributed by atoms with van der Waals surface area (Å²) in [7, 11) is 0. The number of carbonyl (C=O) groups is 2. The number of aryl methyl sites for hydroxylation is 2.